The maximum atomic E-state index is 12.8. The van der Waals surface area contributed by atoms with Crippen LogP contribution in [0.4, 0.5) is 0 Å². The Morgan fingerprint density at radius 1 is 0.806 bits per heavy atom. The monoisotopic (exact) mass is 430 g/mol. The summed E-state index contributed by atoms with van der Waals surface area (Å²) >= 11 is 0. The second kappa shape index (κ2) is 8.91. The molecule has 4 N–H and O–H groups in total. The molecule has 2 fully saturated rings. The van der Waals surface area contributed by atoms with Crippen molar-refractivity contribution >= 4 is 11.8 Å². The van der Waals surface area contributed by atoms with Crippen LogP contribution in [0.15, 0.2) is 18.2 Å². The quantitative estimate of drug-likeness (QED) is 0.458. The van der Waals surface area contributed by atoms with Crippen molar-refractivity contribution in [3.63, 3.8) is 0 Å². The van der Waals surface area contributed by atoms with Crippen LogP contribution in [-0.4, -0.2) is 47.3 Å². The number of rotatable bonds is 10. The molecule has 3 rings (SSSR count). The van der Waals surface area contributed by atoms with Gasteiger partial charge in [0.25, 0.3) is 11.8 Å². The first-order valence-corrected chi connectivity index (χ1v) is 11.5. The fourth-order valence-corrected chi connectivity index (χ4v) is 4.65. The first-order chi connectivity index (χ1) is 14.5. The lowest BCUT2D eigenvalue weighted by Gasteiger charge is -2.26. The number of nitrogens with one attached hydrogen (secondary N) is 2. The van der Waals surface area contributed by atoms with Crippen molar-refractivity contribution in [2.24, 2.45) is 22.7 Å². The third kappa shape index (κ3) is 5.29. The minimum atomic E-state index is -0.428. The smallest absolute Gasteiger partial charge is 0.251 e. The fraction of sp³-hybridized carbons (Fsp3) is 0.680. The Kier molecular flexibility index (Phi) is 6.82. The Hall–Kier alpha value is -1.92. The molecular weight excluding hydrogens is 392 g/mol. The van der Waals surface area contributed by atoms with E-state index in [2.05, 4.69) is 10.6 Å². The zero-order chi connectivity index (χ0) is 23.0. The third-order valence-electron chi connectivity index (χ3n) is 7.11. The molecule has 2 aliphatic rings. The summed E-state index contributed by atoms with van der Waals surface area (Å²) in [7, 11) is 0. The van der Waals surface area contributed by atoms with Crippen LogP contribution in [0.3, 0.4) is 0 Å². The number of benzene rings is 1. The first kappa shape index (κ1) is 23.7. The van der Waals surface area contributed by atoms with E-state index in [-0.39, 0.29) is 34.5 Å². The number of amides is 2. The molecule has 6 nitrogen and oxygen atoms in total. The second-order valence-electron chi connectivity index (χ2n) is 10.6. The van der Waals surface area contributed by atoms with Gasteiger partial charge in [0.1, 0.15) is 0 Å². The Bertz CT molecular complexity index is 761. The van der Waals surface area contributed by atoms with Crippen LogP contribution < -0.4 is 10.6 Å². The van der Waals surface area contributed by atoms with Gasteiger partial charge in [0.05, 0.1) is 12.2 Å². The summed E-state index contributed by atoms with van der Waals surface area (Å²) in [5.74, 6) is -0.155. The van der Waals surface area contributed by atoms with Gasteiger partial charge in [0, 0.05) is 35.0 Å². The molecule has 0 spiro atoms. The molecule has 2 unspecified atom stereocenters. The van der Waals surface area contributed by atoms with Crippen molar-refractivity contribution in [1.82, 2.24) is 10.6 Å². The van der Waals surface area contributed by atoms with Gasteiger partial charge in [-0.2, -0.15) is 0 Å². The van der Waals surface area contributed by atoms with Gasteiger partial charge in [-0.1, -0.05) is 27.7 Å². The molecule has 2 saturated carbocycles. The van der Waals surface area contributed by atoms with Gasteiger partial charge in [-0.15, -0.1) is 0 Å². The molecule has 0 heterocycles. The molecule has 2 aliphatic carbocycles. The normalized spacial score (nSPS) is 20.3. The number of aryl methyl sites for hydroxylation is 1. The highest BCUT2D eigenvalue weighted by molar-refractivity contribution is 6.00. The van der Waals surface area contributed by atoms with Gasteiger partial charge in [0.2, 0.25) is 0 Å². The van der Waals surface area contributed by atoms with Gasteiger partial charge in [0.15, 0.2) is 0 Å². The molecule has 1 aromatic carbocycles. The van der Waals surface area contributed by atoms with Gasteiger partial charge < -0.3 is 20.8 Å². The van der Waals surface area contributed by atoms with Crippen molar-refractivity contribution in [3.05, 3.63) is 34.9 Å². The van der Waals surface area contributed by atoms with Crippen molar-refractivity contribution in [2.75, 3.05) is 13.1 Å². The number of aliphatic hydroxyl groups excluding tert-OH is 2. The van der Waals surface area contributed by atoms with Crippen LogP contribution in [0.25, 0.3) is 0 Å². The van der Waals surface area contributed by atoms with Crippen molar-refractivity contribution < 1.29 is 19.8 Å². The van der Waals surface area contributed by atoms with E-state index in [0.29, 0.717) is 24.2 Å². The standard InChI is InChI=1S/C25H38N2O4/c1-15(2)20(28)24(6-7-24)13-26-22(30)18-10-17(5)11-19(12-18)23(31)27-14-25(8-9-25)21(29)16(3)4/h10-12,15-16,20-21,28-29H,6-9,13-14H2,1-5H3,(H,26,30)(H,27,31). The van der Waals surface area contributed by atoms with E-state index in [0.717, 1.165) is 31.2 Å². The van der Waals surface area contributed by atoms with Gasteiger partial charge >= 0.3 is 0 Å². The van der Waals surface area contributed by atoms with Crippen LogP contribution in [0.1, 0.15) is 79.7 Å². The maximum Gasteiger partial charge on any atom is 0.251 e. The lowest BCUT2D eigenvalue weighted by atomic mass is 9.90. The topological polar surface area (TPSA) is 98.7 Å². The minimum absolute atomic E-state index is 0.151. The highest BCUT2D eigenvalue weighted by Crippen LogP contribution is 2.51. The van der Waals surface area contributed by atoms with Crippen molar-refractivity contribution in [3.8, 4) is 0 Å². The Labute approximate surface area is 185 Å². The molecule has 0 bridgehead atoms. The average molecular weight is 431 g/mol. The second-order valence-corrected chi connectivity index (χ2v) is 10.6. The molecule has 31 heavy (non-hydrogen) atoms. The van der Waals surface area contributed by atoms with E-state index < -0.39 is 12.2 Å². The molecule has 1 aromatic rings. The summed E-state index contributed by atoms with van der Waals surface area (Å²) < 4.78 is 0. The lowest BCUT2D eigenvalue weighted by molar-refractivity contribution is 0.0489. The van der Waals surface area contributed by atoms with Crippen molar-refractivity contribution in [1.29, 1.82) is 0 Å². The molecule has 0 aliphatic heterocycles. The predicted octanol–water partition coefficient (Wildman–Crippen LogP) is 3.05. The summed E-state index contributed by atoms with van der Waals surface area (Å²) in [6.07, 6.45) is 2.80. The molecule has 2 amide bonds. The summed E-state index contributed by atoms with van der Waals surface area (Å²) in [4.78, 5) is 25.5. The molecule has 0 radical (unpaired) electrons. The van der Waals surface area contributed by atoms with E-state index >= 15 is 0 Å². The molecule has 6 heteroatoms. The van der Waals surface area contributed by atoms with Crippen LogP contribution in [-0.2, 0) is 0 Å². The molecule has 0 saturated heterocycles. The van der Waals surface area contributed by atoms with Crippen molar-refractivity contribution in [2.45, 2.75) is 72.5 Å². The predicted molar refractivity (Wildman–Crippen MR) is 121 cm³/mol. The summed E-state index contributed by atoms with van der Waals surface area (Å²) in [5.41, 5.74) is 1.30. The van der Waals surface area contributed by atoms with E-state index in [1.807, 2.05) is 34.6 Å². The molecule has 172 valence electrons. The lowest BCUT2D eigenvalue weighted by Crippen LogP contribution is -2.39. The highest BCUT2D eigenvalue weighted by atomic mass is 16.3. The number of carbonyl (C=O) groups is 2. The third-order valence-corrected chi connectivity index (χ3v) is 7.11. The Morgan fingerprint density at radius 2 is 1.16 bits per heavy atom. The maximum absolute atomic E-state index is 12.8. The molecular formula is C25H38N2O4. The zero-order valence-corrected chi connectivity index (χ0v) is 19.5. The molecule has 2 atom stereocenters. The largest absolute Gasteiger partial charge is 0.392 e. The number of aliphatic hydroxyl groups is 2. The first-order valence-electron chi connectivity index (χ1n) is 11.5. The summed E-state index contributed by atoms with van der Waals surface area (Å²) in [6.45, 7) is 10.7. The van der Waals surface area contributed by atoms with Gasteiger partial charge in [-0.3, -0.25) is 9.59 Å². The van der Waals surface area contributed by atoms with E-state index in [1.54, 1.807) is 18.2 Å². The van der Waals surface area contributed by atoms with Gasteiger partial charge in [-0.05, 0) is 68.2 Å². The Morgan fingerprint density at radius 3 is 1.45 bits per heavy atom. The van der Waals surface area contributed by atoms with Gasteiger partial charge in [-0.25, -0.2) is 0 Å². The van der Waals surface area contributed by atoms with Crippen LogP contribution in [0.2, 0.25) is 0 Å². The zero-order valence-electron chi connectivity index (χ0n) is 19.5. The van der Waals surface area contributed by atoms with E-state index in [1.165, 1.54) is 0 Å². The number of hydrogen-bond acceptors (Lipinski definition) is 4. The van der Waals surface area contributed by atoms with E-state index in [4.69, 9.17) is 0 Å². The Balaban J connectivity index is 1.62. The average Bonchev–Trinajstić information content (AvgIpc) is 3.64. The summed E-state index contributed by atoms with van der Waals surface area (Å²) in [6, 6.07) is 5.17. The molecule has 0 aromatic heterocycles. The SMILES string of the molecule is Cc1cc(C(=O)NCC2(C(O)C(C)C)CC2)cc(C(=O)NCC2(C(O)C(C)C)CC2)c1. The van der Waals surface area contributed by atoms with Crippen LogP contribution in [0, 0.1) is 29.6 Å². The highest BCUT2D eigenvalue weighted by Gasteiger charge is 2.50. The minimum Gasteiger partial charge on any atom is -0.392 e. The number of carbonyl (C=O) groups excluding carboxylic acids is 2. The summed E-state index contributed by atoms with van der Waals surface area (Å²) in [5, 5.41) is 26.8. The van der Waals surface area contributed by atoms with E-state index in [9.17, 15) is 19.8 Å². The van der Waals surface area contributed by atoms with Crippen LogP contribution >= 0.6 is 0 Å². The number of hydrogen-bond donors (Lipinski definition) is 4. The fourth-order valence-electron chi connectivity index (χ4n) is 4.65. The van der Waals surface area contributed by atoms with Crippen LogP contribution in [0.5, 0.6) is 0 Å².